The van der Waals surface area contributed by atoms with E-state index in [0.717, 1.165) is 4.31 Å². The van der Waals surface area contributed by atoms with Gasteiger partial charge in [-0.2, -0.15) is 12.7 Å². The molecule has 5 nitrogen and oxygen atoms in total. The molecule has 0 atom stereocenters. The molecule has 0 aromatic rings. The highest BCUT2D eigenvalue weighted by atomic mass is 32.2. The highest BCUT2D eigenvalue weighted by molar-refractivity contribution is 7.86. The molecule has 0 rings (SSSR count). The minimum absolute atomic E-state index is 0.162. The third kappa shape index (κ3) is 4.31. The Hall–Kier alpha value is -0.170. The molecule has 0 aliphatic carbocycles. The Morgan fingerprint density at radius 1 is 1.36 bits per heavy atom. The Morgan fingerprint density at radius 2 is 1.82 bits per heavy atom. The number of nitrogens with one attached hydrogen (secondary N) is 1. The predicted octanol–water partition coefficient (Wildman–Crippen LogP) is -0.278. The van der Waals surface area contributed by atoms with Crippen LogP contribution in [0, 0.1) is 0 Å². The molecule has 0 fully saturated rings. The Morgan fingerprint density at radius 3 is 2.09 bits per heavy atom. The van der Waals surface area contributed by atoms with Crippen molar-refractivity contribution in [3.05, 3.63) is 0 Å². The fourth-order valence-corrected chi connectivity index (χ4v) is 0.695. The SMILES string of the molecule is CC(C)ONS(=O)(=O)N(C)C. The molecule has 68 valence electrons. The van der Waals surface area contributed by atoms with E-state index in [1.165, 1.54) is 14.1 Å². The van der Waals surface area contributed by atoms with Crippen LogP contribution in [0.3, 0.4) is 0 Å². The fraction of sp³-hybridized carbons (Fsp3) is 1.00. The van der Waals surface area contributed by atoms with Crippen molar-refractivity contribution in [2.45, 2.75) is 20.0 Å². The molecule has 6 heteroatoms. The Kier molecular flexibility index (Phi) is 3.95. The van der Waals surface area contributed by atoms with Crippen molar-refractivity contribution in [2.24, 2.45) is 0 Å². The summed E-state index contributed by atoms with van der Waals surface area (Å²) in [5.74, 6) is 0. The maximum Gasteiger partial charge on any atom is 0.301 e. The van der Waals surface area contributed by atoms with Crippen LogP contribution in [0.25, 0.3) is 0 Å². The van der Waals surface area contributed by atoms with Crippen LogP contribution in [0.2, 0.25) is 0 Å². The Balaban J connectivity index is 3.95. The molecule has 0 spiro atoms. The van der Waals surface area contributed by atoms with Gasteiger partial charge in [0.15, 0.2) is 0 Å². The van der Waals surface area contributed by atoms with Gasteiger partial charge < -0.3 is 0 Å². The molecular weight excluding hydrogens is 168 g/mol. The van der Waals surface area contributed by atoms with Crippen LogP contribution < -0.4 is 4.89 Å². The lowest BCUT2D eigenvalue weighted by Gasteiger charge is -2.13. The van der Waals surface area contributed by atoms with Gasteiger partial charge in [-0.1, -0.05) is 4.89 Å². The zero-order chi connectivity index (χ0) is 9.07. The fourth-order valence-electron chi connectivity index (χ4n) is 0.232. The largest absolute Gasteiger partial charge is 0.301 e. The topological polar surface area (TPSA) is 58.6 Å². The standard InChI is InChI=1S/C5H14N2O3S/c1-5(2)10-6-11(8,9)7(3)4/h5-6H,1-4H3. The maximum atomic E-state index is 10.9. The molecule has 1 N–H and O–H groups in total. The number of nitrogens with zero attached hydrogens (tertiary/aromatic N) is 1. The summed E-state index contributed by atoms with van der Waals surface area (Å²) in [5, 5.41) is 0. The van der Waals surface area contributed by atoms with Gasteiger partial charge in [-0.25, -0.2) is 0 Å². The first-order valence-electron chi connectivity index (χ1n) is 3.21. The van der Waals surface area contributed by atoms with E-state index in [1.807, 2.05) is 4.89 Å². The third-order valence-electron chi connectivity index (χ3n) is 0.870. The van der Waals surface area contributed by atoms with Crippen LogP contribution in [0.5, 0.6) is 0 Å². The average Bonchev–Trinajstić information content (AvgIpc) is 1.84. The van der Waals surface area contributed by atoms with Gasteiger partial charge in [0, 0.05) is 14.1 Å². The minimum atomic E-state index is -3.43. The van der Waals surface area contributed by atoms with Crippen LogP contribution in [-0.2, 0) is 15.0 Å². The average molecular weight is 182 g/mol. The van der Waals surface area contributed by atoms with E-state index in [2.05, 4.69) is 4.84 Å². The van der Waals surface area contributed by atoms with Gasteiger partial charge >= 0.3 is 10.2 Å². The highest BCUT2D eigenvalue weighted by Gasteiger charge is 2.12. The predicted molar refractivity (Wildman–Crippen MR) is 42.0 cm³/mol. The number of rotatable bonds is 4. The molecule has 0 bridgehead atoms. The van der Waals surface area contributed by atoms with Gasteiger partial charge in [0.05, 0.1) is 6.10 Å². The Bertz CT molecular complexity index is 198. The second-order valence-corrected chi connectivity index (χ2v) is 4.38. The van der Waals surface area contributed by atoms with Crippen molar-refractivity contribution >= 4 is 10.2 Å². The van der Waals surface area contributed by atoms with Gasteiger partial charge in [-0.3, -0.25) is 4.84 Å². The van der Waals surface area contributed by atoms with Crippen molar-refractivity contribution in [2.75, 3.05) is 14.1 Å². The summed E-state index contributed by atoms with van der Waals surface area (Å²) in [7, 11) is -0.587. The lowest BCUT2D eigenvalue weighted by Crippen LogP contribution is -2.37. The normalized spacial score (nSPS) is 12.9. The van der Waals surface area contributed by atoms with Gasteiger partial charge in [0.25, 0.3) is 0 Å². The maximum absolute atomic E-state index is 10.9. The summed E-state index contributed by atoms with van der Waals surface area (Å²) in [4.78, 5) is 6.64. The molecule has 0 saturated carbocycles. The third-order valence-corrected chi connectivity index (χ3v) is 2.14. The van der Waals surface area contributed by atoms with Crippen LogP contribution in [0.4, 0.5) is 0 Å². The smallest absolute Gasteiger partial charge is 0.283 e. The van der Waals surface area contributed by atoms with Crippen molar-refractivity contribution in [3.63, 3.8) is 0 Å². The van der Waals surface area contributed by atoms with E-state index in [0.29, 0.717) is 0 Å². The van der Waals surface area contributed by atoms with Gasteiger partial charge in [0.2, 0.25) is 0 Å². The molecule has 0 radical (unpaired) electrons. The van der Waals surface area contributed by atoms with E-state index in [1.54, 1.807) is 13.8 Å². The van der Waals surface area contributed by atoms with Gasteiger partial charge in [-0.15, -0.1) is 0 Å². The van der Waals surface area contributed by atoms with E-state index >= 15 is 0 Å². The minimum Gasteiger partial charge on any atom is -0.283 e. The molecule has 0 amide bonds. The first-order valence-corrected chi connectivity index (χ1v) is 4.65. The summed E-state index contributed by atoms with van der Waals surface area (Å²) in [5.41, 5.74) is 0. The Labute approximate surface area is 67.5 Å². The quantitative estimate of drug-likeness (QED) is 0.608. The van der Waals surface area contributed by atoms with Crippen LogP contribution >= 0.6 is 0 Å². The summed E-state index contributed by atoms with van der Waals surface area (Å²) in [6.45, 7) is 3.47. The first kappa shape index (κ1) is 10.8. The molecule has 0 aromatic carbocycles. The first-order chi connectivity index (χ1) is 4.86. The summed E-state index contributed by atoms with van der Waals surface area (Å²) >= 11 is 0. The highest BCUT2D eigenvalue weighted by Crippen LogP contribution is 1.90. The zero-order valence-corrected chi connectivity index (χ0v) is 7.97. The second kappa shape index (κ2) is 4.01. The van der Waals surface area contributed by atoms with Gasteiger partial charge in [-0.05, 0) is 13.8 Å². The molecular formula is C5H14N2O3S. The van der Waals surface area contributed by atoms with Crippen LogP contribution in [0.1, 0.15) is 13.8 Å². The van der Waals surface area contributed by atoms with E-state index in [9.17, 15) is 8.42 Å². The lowest BCUT2D eigenvalue weighted by atomic mass is 10.5. The lowest BCUT2D eigenvalue weighted by molar-refractivity contribution is 0.0381. The summed E-state index contributed by atoms with van der Waals surface area (Å²) in [6, 6.07) is 0. The molecule has 0 heterocycles. The summed E-state index contributed by atoms with van der Waals surface area (Å²) < 4.78 is 22.9. The van der Waals surface area contributed by atoms with Crippen molar-refractivity contribution in [3.8, 4) is 0 Å². The monoisotopic (exact) mass is 182 g/mol. The second-order valence-electron chi connectivity index (χ2n) is 2.54. The van der Waals surface area contributed by atoms with Crippen molar-refractivity contribution < 1.29 is 13.3 Å². The van der Waals surface area contributed by atoms with Crippen molar-refractivity contribution in [1.29, 1.82) is 0 Å². The van der Waals surface area contributed by atoms with Gasteiger partial charge in [0.1, 0.15) is 0 Å². The number of hydrogen-bond acceptors (Lipinski definition) is 3. The van der Waals surface area contributed by atoms with E-state index in [4.69, 9.17) is 0 Å². The van der Waals surface area contributed by atoms with E-state index < -0.39 is 10.2 Å². The molecule has 0 aromatic heterocycles. The molecule has 0 saturated heterocycles. The van der Waals surface area contributed by atoms with E-state index in [-0.39, 0.29) is 6.10 Å². The molecule has 11 heavy (non-hydrogen) atoms. The zero-order valence-electron chi connectivity index (χ0n) is 7.16. The molecule has 0 aliphatic heterocycles. The summed E-state index contributed by atoms with van der Waals surface area (Å²) in [6.07, 6.45) is -0.162. The van der Waals surface area contributed by atoms with Crippen LogP contribution in [0.15, 0.2) is 0 Å². The molecule has 0 aliphatic rings. The molecule has 0 unspecified atom stereocenters. The van der Waals surface area contributed by atoms with Crippen molar-refractivity contribution in [1.82, 2.24) is 9.19 Å². The van der Waals surface area contributed by atoms with Crippen LogP contribution in [-0.4, -0.2) is 32.9 Å². The number of hydrogen-bond donors (Lipinski definition) is 1.